The molecule has 0 aromatic carbocycles. The molecule has 2 aromatic heterocycles. The minimum absolute atomic E-state index is 0.444. The van der Waals surface area contributed by atoms with Crippen molar-refractivity contribution in [3.63, 3.8) is 0 Å². The number of aromatic nitrogens is 2. The van der Waals surface area contributed by atoms with E-state index in [4.69, 9.17) is 17.3 Å². The fraction of sp³-hybridized carbons (Fsp3) is 0.231. The Labute approximate surface area is 111 Å². The van der Waals surface area contributed by atoms with Gasteiger partial charge in [0, 0.05) is 38.7 Å². The molecule has 0 fully saturated rings. The average Bonchev–Trinajstić information content (AvgIpc) is 2.39. The Morgan fingerprint density at radius 3 is 2.78 bits per heavy atom. The third-order valence-corrected chi connectivity index (χ3v) is 2.90. The van der Waals surface area contributed by atoms with E-state index in [1.165, 1.54) is 0 Å². The van der Waals surface area contributed by atoms with Gasteiger partial charge in [-0.05, 0) is 23.3 Å². The first kappa shape index (κ1) is 12.8. The van der Waals surface area contributed by atoms with Crippen LogP contribution in [0.5, 0.6) is 0 Å². The van der Waals surface area contributed by atoms with Crippen LogP contribution in [0.25, 0.3) is 0 Å². The summed E-state index contributed by atoms with van der Waals surface area (Å²) in [6.07, 6.45) is 5.34. The Hall–Kier alpha value is -1.65. The molecule has 5 heteroatoms. The predicted octanol–water partition coefficient (Wildman–Crippen LogP) is 2.23. The van der Waals surface area contributed by atoms with Gasteiger partial charge < -0.3 is 10.6 Å². The van der Waals surface area contributed by atoms with Crippen LogP contribution in [0.3, 0.4) is 0 Å². The fourth-order valence-corrected chi connectivity index (χ4v) is 2.04. The number of rotatable bonds is 4. The van der Waals surface area contributed by atoms with E-state index in [0.29, 0.717) is 18.1 Å². The number of nitrogens with zero attached hydrogens (tertiary/aromatic N) is 3. The maximum Gasteiger partial charge on any atom is 0.147 e. The Kier molecular flexibility index (Phi) is 4.12. The number of nitrogens with two attached hydrogens (primary N) is 1. The van der Waals surface area contributed by atoms with Crippen LogP contribution in [0.2, 0.25) is 5.02 Å². The summed E-state index contributed by atoms with van der Waals surface area (Å²) in [5.74, 6) is 0.748. The van der Waals surface area contributed by atoms with Gasteiger partial charge in [-0.3, -0.25) is 4.98 Å². The number of hydrogen-bond donors (Lipinski definition) is 1. The summed E-state index contributed by atoms with van der Waals surface area (Å²) in [5.41, 5.74) is 7.59. The minimum atomic E-state index is 0.444. The lowest BCUT2D eigenvalue weighted by Crippen LogP contribution is -2.18. The zero-order valence-electron chi connectivity index (χ0n) is 10.2. The molecule has 0 atom stereocenters. The number of hydrogen-bond acceptors (Lipinski definition) is 4. The number of anilines is 1. The average molecular weight is 263 g/mol. The minimum Gasteiger partial charge on any atom is -0.354 e. The SMILES string of the molecule is CN(Cc1cccnc1)c1ncc(CN)cc1Cl. The monoisotopic (exact) mass is 262 g/mol. The molecule has 2 aromatic rings. The molecule has 0 aliphatic carbocycles. The van der Waals surface area contributed by atoms with E-state index in [1.54, 1.807) is 12.4 Å². The summed E-state index contributed by atoms with van der Waals surface area (Å²) < 4.78 is 0. The van der Waals surface area contributed by atoms with Crippen molar-refractivity contribution in [3.8, 4) is 0 Å². The second-order valence-corrected chi connectivity index (χ2v) is 4.48. The first-order valence-corrected chi connectivity index (χ1v) is 6.03. The summed E-state index contributed by atoms with van der Waals surface area (Å²) >= 11 is 6.19. The maximum atomic E-state index is 6.19. The summed E-state index contributed by atoms with van der Waals surface area (Å²) in [6, 6.07) is 5.78. The highest BCUT2D eigenvalue weighted by molar-refractivity contribution is 6.33. The van der Waals surface area contributed by atoms with Gasteiger partial charge in [-0.1, -0.05) is 17.7 Å². The first-order valence-electron chi connectivity index (χ1n) is 5.65. The van der Waals surface area contributed by atoms with Gasteiger partial charge in [-0.15, -0.1) is 0 Å². The van der Waals surface area contributed by atoms with Gasteiger partial charge >= 0.3 is 0 Å². The quantitative estimate of drug-likeness (QED) is 0.918. The predicted molar refractivity (Wildman–Crippen MR) is 73.5 cm³/mol. The first-order chi connectivity index (χ1) is 8.70. The van der Waals surface area contributed by atoms with E-state index in [1.807, 2.05) is 36.3 Å². The molecule has 0 aliphatic heterocycles. The van der Waals surface area contributed by atoms with E-state index in [0.717, 1.165) is 16.9 Å². The highest BCUT2D eigenvalue weighted by Crippen LogP contribution is 2.24. The lowest BCUT2D eigenvalue weighted by molar-refractivity contribution is 0.887. The lowest BCUT2D eigenvalue weighted by atomic mass is 10.2. The molecule has 2 N–H and O–H groups in total. The maximum absolute atomic E-state index is 6.19. The molecule has 0 unspecified atom stereocenters. The molecule has 0 amide bonds. The van der Waals surface area contributed by atoms with Crippen molar-refractivity contribution >= 4 is 17.4 Å². The zero-order chi connectivity index (χ0) is 13.0. The van der Waals surface area contributed by atoms with Crippen LogP contribution < -0.4 is 10.6 Å². The van der Waals surface area contributed by atoms with Crippen molar-refractivity contribution in [2.75, 3.05) is 11.9 Å². The van der Waals surface area contributed by atoms with Gasteiger partial charge in [-0.2, -0.15) is 0 Å². The topological polar surface area (TPSA) is 55.0 Å². The molecule has 94 valence electrons. The highest BCUT2D eigenvalue weighted by atomic mass is 35.5. The molecule has 0 radical (unpaired) electrons. The van der Waals surface area contributed by atoms with Gasteiger partial charge in [0.05, 0.1) is 5.02 Å². The molecule has 4 nitrogen and oxygen atoms in total. The zero-order valence-corrected chi connectivity index (χ0v) is 10.9. The Morgan fingerprint density at radius 2 is 2.17 bits per heavy atom. The van der Waals surface area contributed by atoms with E-state index in [9.17, 15) is 0 Å². The standard InChI is InChI=1S/C13H15ClN4/c1-18(9-10-3-2-4-16-7-10)13-12(14)5-11(6-15)8-17-13/h2-5,7-8H,6,9,15H2,1H3. The molecule has 0 saturated heterocycles. The van der Waals surface area contributed by atoms with Crippen molar-refractivity contribution in [2.45, 2.75) is 13.1 Å². The van der Waals surface area contributed by atoms with Gasteiger partial charge in [0.1, 0.15) is 5.82 Å². The summed E-state index contributed by atoms with van der Waals surface area (Å²) in [5, 5.41) is 0.615. The van der Waals surface area contributed by atoms with Gasteiger partial charge in [0.2, 0.25) is 0 Å². The van der Waals surface area contributed by atoms with Gasteiger partial charge in [0.25, 0.3) is 0 Å². The van der Waals surface area contributed by atoms with Crippen LogP contribution in [-0.4, -0.2) is 17.0 Å². The normalized spacial score (nSPS) is 10.4. The third kappa shape index (κ3) is 2.97. The smallest absolute Gasteiger partial charge is 0.147 e. The highest BCUT2D eigenvalue weighted by Gasteiger charge is 2.09. The summed E-state index contributed by atoms with van der Waals surface area (Å²) in [7, 11) is 1.95. The summed E-state index contributed by atoms with van der Waals surface area (Å²) in [6.45, 7) is 1.15. The lowest BCUT2D eigenvalue weighted by Gasteiger charge is -2.19. The van der Waals surface area contributed by atoms with Crippen LogP contribution in [0.1, 0.15) is 11.1 Å². The van der Waals surface area contributed by atoms with Crippen molar-refractivity contribution in [1.29, 1.82) is 0 Å². The Bertz CT molecular complexity index is 516. The van der Waals surface area contributed by atoms with Crippen LogP contribution >= 0.6 is 11.6 Å². The molecular weight excluding hydrogens is 248 g/mol. The largest absolute Gasteiger partial charge is 0.354 e. The van der Waals surface area contributed by atoms with Gasteiger partial charge in [-0.25, -0.2) is 4.98 Å². The fourth-order valence-electron chi connectivity index (χ4n) is 1.70. The van der Waals surface area contributed by atoms with E-state index < -0.39 is 0 Å². The molecule has 0 spiro atoms. The second-order valence-electron chi connectivity index (χ2n) is 4.07. The van der Waals surface area contributed by atoms with Crippen LogP contribution in [0, 0.1) is 0 Å². The molecule has 0 aliphatic rings. The number of pyridine rings is 2. The van der Waals surface area contributed by atoms with Crippen LogP contribution in [0.4, 0.5) is 5.82 Å². The van der Waals surface area contributed by atoms with Crippen LogP contribution in [-0.2, 0) is 13.1 Å². The van der Waals surface area contributed by atoms with E-state index in [2.05, 4.69) is 9.97 Å². The van der Waals surface area contributed by atoms with E-state index in [-0.39, 0.29) is 0 Å². The molecule has 0 saturated carbocycles. The molecule has 18 heavy (non-hydrogen) atoms. The van der Waals surface area contributed by atoms with E-state index >= 15 is 0 Å². The molecule has 0 bridgehead atoms. The molecule has 2 rings (SSSR count). The second kappa shape index (κ2) is 5.80. The Balaban J connectivity index is 2.16. The third-order valence-electron chi connectivity index (χ3n) is 2.62. The molecule has 2 heterocycles. The molecular formula is C13H15ClN4. The van der Waals surface area contributed by atoms with Crippen molar-refractivity contribution < 1.29 is 0 Å². The van der Waals surface area contributed by atoms with Crippen LogP contribution in [0.15, 0.2) is 36.8 Å². The summed E-state index contributed by atoms with van der Waals surface area (Å²) in [4.78, 5) is 10.4. The van der Waals surface area contributed by atoms with Crippen molar-refractivity contribution in [2.24, 2.45) is 5.73 Å². The number of halogens is 1. The van der Waals surface area contributed by atoms with Gasteiger partial charge in [0.15, 0.2) is 0 Å². The Morgan fingerprint density at radius 1 is 1.33 bits per heavy atom. The van der Waals surface area contributed by atoms with Crippen molar-refractivity contribution in [1.82, 2.24) is 9.97 Å². The van der Waals surface area contributed by atoms with Crippen molar-refractivity contribution in [3.05, 3.63) is 52.9 Å².